The Morgan fingerprint density at radius 3 is 2.50 bits per heavy atom. The number of amides is 1. The van der Waals surface area contributed by atoms with E-state index in [1.54, 1.807) is 11.3 Å². The zero-order valence-electron chi connectivity index (χ0n) is 14.9. The molecular formula is C18H26N4OS. The molecule has 1 amide bonds. The number of carbonyl (C=O) groups excluding carboxylic acids is 1. The molecule has 3 rings (SSSR count). The number of aryl methyl sites for hydroxylation is 2. The number of hydrogen-bond donors (Lipinski definition) is 1. The second-order valence-corrected chi connectivity index (χ2v) is 7.44. The molecule has 3 heterocycles. The monoisotopic (exact) mass is 346 g/mol. The molecule has 24 heavy (non-hydrogen) atoms. The van der Waals surface area contributed by atoms with Crippen LogP contribution in [0.25, 0.3) is 0 Å². The topological polar surface area (TPSA) is 52.2 Å². The van der Waals surface area contributed by atoms with Crippen LogP contribution in [0.3, 0.4) is 0 Å². The van der Waals surface area contributed by atoms with Gasteiger partial charge >= 0.3 is 0 Å². The minimum absolute atomic E-state index is 0.135. The summed E-state index contributed by atoms with van der Waals surface area (Å²) in [6, 6.07) is 2.61. The van der Waals surface area contributed by atoms with Gasteiger partial charge in [0.1, 0.15) is 0 Å². The second kappa shape index (κ2) is 7.07. The number of carbonyl (C=O) groups is 1. The summed E-state index contributed by atoms with van der Waals surface area (Å²) in [6.45, 7) is 11.6. The molecule has 1 aliphatic heterocycles. The van der Waals surface area contributed by atoms with Crippen LogP contribution in [0.15, 0.2) is 16.8 Å². The SMILES string of the molecule is Cc1n[nH]c(C)c1C(C)C(=O)N1CCN(C(C)c2ccsc2)CC1. The zero-order chi connectivity index (χ0) is 17.3. The average Bonchev–Trinajstić information content (AvgIpc) is 3.23. The molecule has 2 unspecified atom stereocenters. The first-order valence-corrected chi connectivity index (χ1v) is 9.49. The van der Waals surface area contributed by atoms with Gasteiger partial charge in [-0.15, -0.1) is 0 Å². The molecular weight excluding hydrogens is 320 g/mol. The van der Waals surface area contributed by atoms with Gasteiger partial charge in [0, 0.05) is 43.5 Å². The van der Waals surface area contributed by atoms with Gasteiger partial charge in [0.2, 0.25) is 5.91 Å². The van der Waals surface area contributed by atoms with Crippen molar-refractivity contribution >= 4 is 17.2 Å². The van der Waals surface area contributed by atoms with Crippen molar-refractivity contribution < 1.29 is 4.79 Å². The summed E-state index contributed by atoms with van der Waals surface area (Å²) in [4.78, 5) is 17.3. The highest BCUT2D eigenvalue weighted by atomic mass is 32.1. The van der Waals surface area contributed by atoms with E-state index in [0.717, 1.165) is 43.1 Å². The van der Waals surface area contributed by atoms with Crippen LogP contribution in [-0.2, 0) is 4.79 Å². The molecule has 0 spiro atoms. The molecule has 0 aliphatic carbocycles. The molecule has 1 fully saturated rings. The maximum absolute atomic E-state index is 12.9. The van der Waals surface area contributed by atoms with Gasteiger partial charge in [-0.25, -0.2) is 0 Å². The number of nitrogens with zero attached hydrogens (tertiary/aromatic N) is 3. The predicted molar refractivity (Wildman–Crippen MR) is 97.4 cm³/mol. The number of piperazine rings is 1. The molecule has 0 bridgehead atoms. The summed E-state index contributed by atoms with van der Waals surface area (Å²) >= 11 is 1.74. The third-order valence-electron chi connectivity index (χ3n) is 5.19. The van der Waals surface area contributed by atoms with Crippen LogP contribution in [0.4, 0.5) is 0 Å². The highest BCUT2D eigenvalue weighted by Crippen LogP contribution is 2.26. The average molecular weight is 347 g/mol. The van der Waals surface area contributed by atoms with Gasteiger partial charge in [0.25, 0.3) is 0 Å². The lowest BCUT2D eigenvalue weighted by Gasteiger charge is -2.38. The van der Waals surface area contributed by atoms with Crippen LogP contribution >= 0.6 is 11.3 Å². The Bertz CT molecular complexity index is 666. The van der Waals surface area contributed by atoms with Gasteiger partial charge in [0.15, 0.2) is 0 Å². The van der Waals surface area contributed by atoms with Crippen molar-refractivity contribution in [3.8, 4) is 0 Å². The third kappa shape index (κ3) is 3.26. The Balaban J connectivity index is 1.61. The number of aromatic nitrogens is 2. The molecule has 0 radical (unpaired) electrons. The van der Waals surface area contributed by atoms with Crippen LogP contribution in [0.1, 0.15) is 48.3 Å². The normalized spacial score (nSPS) is 18.6. The van der Waals surface area contributed by atoms with Crippen molar-refractivity contribution in [2.24, 2.45) is 0 Å². The van der Waals surface area contributed by atoms with Crippen LogP contribution in [0.2, 0.25) is 0 Å². The molecule has 1 aliphatic rings. The fraction of sp³-hybridized carbons (Fsp3) is 0.556. The van der Waals surface area contributed by atoms with Crippen LogP contribution in [0, 0.1) is 13.8 Å². The largest absolute Gasteiger partial charge is 0.340 e. The van der Waals surface area contributed by atoms with Gasteiger partial charge in [-0.3, -0.25) is 14.8 Å². The summed E-state index contributed by atoms with van der Waals surface area (Å²) in [7, 11) is 0. The lowest BCUT2D eigenvalue weighted by Crippen LogP contribution is -2.50. The predicted octanol–water partition coefficient (Wildman–Crippen LogP) is 3.10. The summed E-state index contributed by atoms with van der Waals surface area (Å²) in [5, 5.41) is 11.6. The molecule has 5 nitrogen and oxygen atoms in total. The van der Waals surface area contributed by atoms with Crippen molar-refractivity contribution in [3.63, 3.8) is 0 Å². The van der Waals surface area contributed by atoms with Crippen molar-refractivity contribution in [2.45, 2.75) is 39.7 Å². The molecule has 0 saturated carbocycles. The molecule has 1 N–H and O–H groups in total. The van der Waals surface area contributed by atoms with Crippen molar-refractivity contribution in [2.75, 3.05) is 26.2 Å². The molecule has 6 heteroatoms. The fourth-order valence-electron chi connectivity index (χ4n) is 3.65. The quantitative estimate of drug-likeness (QED) is 0.925. The van der Waals surface area contributed by atoms with Gasteiger partial charge in [-0.2, -0.15) is 16.4 Å². The van der Waals surface area contributed by atoms with Crippen LogP contribution in [-0.4, -0.2) is 52.1 Å². The summed E-state index contributed by atoms with van der Waals surface area (Å²) < 4.78 is 0. The van der Waals surface area contributed by atoms with Gasteiger partial charge in [0.05, 0.1) is 11.6 Å². The molecule has 2 atom stereocenters. The van der Waals surface area contributed by atoms with Gasteiger partial charge in [-0.05, 0) is 50.1 Å². The number of hydrogen-bond acceptors (Lipinski definition) is 4. The van der Waals surface area contributed by atoms with E-state index < -0.39 is 0 Å². The lowest BCUT2D eigenvalue weighted by atomic mass is 9.97. The van der Waals surface area contributed by atoms with E-state index in [9.17, 15) is 4.79 Å². The maximum Gasteiger partial charge on any atom is 0.230 e. The Kier molecular flexibility index (Phi) is 5.06. The van der Waals surface area contributed by atoms with Crippen LogP contribution in [0.5, 0.6) is 0 Å². The fourth-order valence-corrected chi connectivity index (χ4v) is 4.39. The first-order valence-electron chi connectivity index (χ1n) is 8.55. The highest BCUT2D eigenvalue weighted by Gasteiger charge is 2.29. The Morgan fingerprint density at radius 1 is 1.25 bits per heavy atom. The van der Waals surface area contributed by atoms with E-state index in [0.29, 0.717) is 6.04 Å². The number of H-pyrrole nitrogens is 1. The summed E-state index contributed by atoms with van der Waals surface area (Å²) in [6.07, 6.45) is 0. The first-order chi connectivity index (χ1) is 11.5. The standard InChI is InChI=1S/C18H26N4OS/c1-12(17-13(2)19-20-14(17)3)18(23)22-8-6-21(7-9-22)15(4)16-5-10-24-11-16/h5,10-12,15H,6-9H2,1-4H3,(H,19,20). The minimum atomic E-state index is -0.135. The summed E-state index contributed by atoms with van der Waals surface area (Å²) in [5.41, 5.74) is 4.35. The Labute approximate surface area is 147 Å². The van der Waals surface area contributed by atoms with E-state index in [1.807, 2.05) is 25.7 Å². The molecule has 2 aromatic heterocycles. The number of aromatic amines is 1. The van der Waals surface area contributed by atoms with E-state index in [2.05, 4.69) is 38.8 Å². The van der Waals surface area contributed by atoms with E-state index in [-0.39, 0.29) is 11.8 Å². The number of thiophene rings is 1. The van der Waals surface area contributed by atoms with Gasteiger partial charge in [-0.1, -0.05) is 0 Å². The van der Waals surface area contributed by atoms with Crippen LogP contribution < -0.4 is 0 Å². The number of rotatable bonds is 4. The van der Waals surface area contributed by atoms with Crippen molar-refractivity contribution in [1.29, 1.82) is 0 Å². The zero-order valence-corrected chi connectivity index (χ0v) is 15.7. The molecule has 130 valence electrons. The lowest BCUT2D eigenvalue weighted by molar-refractivity contribution is -0.134. The second-order valence-electron chi connectivity index (χ2n) is 6.66. The molecule has 2 aromatic rings. The third-order valence-corrected chi connectivity index (χ3v) is 5.89. The number of nitrogens with one attached hydrogen (secondary N) is 1. The Morgan fingerprint density at radius 2 is 1.96 bits per heavy atom. The maximum atomic E-state index is 12.9. The summed E-state index contributed by atoms with van der Waals surface area (Å²) in [5.74, 6) is 0.0787. The Hall–Kier alpha value is -1.66. The minimum Gasteiger partial charge on any atom is -0.340 e. The highest BCUT2D eigenvalue weighted by molar-refractivity contribution is 7.07. The van der Waals surface area contributed by atoms with E-state index in [1.165, 1.54) is 5.56 Å². The van der Waals surface area contributed by atoms with Crippen molar-refractivity contribution in [1.82, 2.24) is 20.0 Å². The molecule has 0 aromatic carbocycles. The molecule has 1 saturated heterocycles. The van der Waals surface area contributed by atoms with E-state index >= 15 is 0 Å². The van der Waals surface area contributed by atoms with Crippen molar-refractivity contribution in [3.05, 3.63) is 39.3 Å². The first kappa shape index (κ1) is 17.2. The van der Waals surface area contributed by atoms with Gasteiger partial charge < -0.3 is 4.90 Å². The smallest absolute Gasteiger partial charge is 0.230 e. The van der Waals surface area contributed by atoms with E-state index in [4.69, 9.17) is 0 Å².